The molecule has 0 bridgehead atoms. The molecule has 4 rings (SSSR count). The zero-order chi connectivity index (χ0) is 18.5. The Morgan fingerprint density at radius 1 is 1.04 bits per heavy atom. The first-order chi connectivity index (χ1) is 13.3. The predicted octanol–water partition coefficient (Wildman–Crippen LogP) is 3.77. The maximum atomic E-state index is 5.45. The molecule has 0 aliphatic rings. The molecule has 2 aromatic carbocycles. The van der Waals surface area contributed by atoms with Gasteiger partial charge in [-0.2, -0.15) is 10.1 Å². The van der Waals surface area contributed by atoms with Crippen LogP contribution in [-0.4, -0.2) is 19.9 Å². The Kier molecular flexibility index (Phi) is 5.07. The molecular formula is C21H21N5O. The second kappa shape index (κ2) is 7.97. The molecule has 136 valence electrons. The van der Waals surface area contributed by atoms with Gasteiger partial charge >= 0.3 is 0 Å². The maximum Gasteiger partial charge on any atom is 0.240 e. The molecule has 0 spiro atoms. The van der Waals surface area contributed by atoms with Gasteiger partial charge in [0.2, 0.25) is 11.7 Å². The molecule has 1 N–H and O–H groups in total. The number of nitrogens with one attached hydrogen (secondary N) is 1. The molecule has 0 saturated carbocycles. The van der Waals surface area contributed by atoms with E-state index in [1.807, 2.05) is 66.3 Å². The number of aryl methyl sites for hydroxylation is 1. The Morgan fingerprint density at radius 2 is 1.85 bits per heavy atom. The Labute approximate surface area is 157 Å². The molecule has 0 amide bonds. The van der Waals surface area contributed by atoms with Gasteiger partial charge in [-0.3, -0.25) is 10.00 Å². The minimum absolute atomic E-state index is 0.0833. The van der Waals surface area contributed by atoms with Crippen molar-refractivity contribution in [2.45, 2.75) is 26.1 Å². The van der Waals surface area contributed by atoms with Gasteiger partial charge in [0.1, 0.15) is 0 Å². The first-order valence-corrected chi connectivity index (χ1v) is 8.94. The van der Waals surface area contributed by atoms with Crippen molar-refractivity contribution in [2.24, 2.45) is 0 Å². The molecule has 0 fully saturated rings. The van der Waals surface area contributed by atoms with E-state index in [1.165, 1.54) is 5.56 Å². The summed E-state index contributed by atoms with van der Waals surface area (Å²) in [5.41, 5.74) is 3.30. The molecule has 0 radical (unpaired) electrons. The SMILES string of the molecule is Cc1ccccc1-c1noc(CN[C@@H](Cn2cccn2)c2ccccc2)n1. The average Bonchev–Trinajstić information content (AvgIpc) is 3.38. The normalized spacial score (nSPS) is 12.2. The lowest BCUT2D eigenvalue weighted by Crippen LogP contribution is -2.25. The van der Waals surface area contributed by atoms with Crippen molar-refractivity contribution in [3.63, 3.8) is 0 Å². The standard InChI is InChI=1S/C21H21N5O/c1-16-8-5-6-11-18(16)21-24-20(27-25-21)14-22-19(15-26-13-7-12-23-26)17-9-3-2-4-10-17/h2-13,19,22H,14-15H2,1H3/t19-/m0/s1. The predicted molar refractivity (Wildman–Crippen MR) is 103 cm³/mol. The molecule has 1 atom stereocenters. The minimum atomic E-state index is 0.0833. The van der Waals surface area contributed by atoms with Crippen molar-refractivity contribution >= 4 is 0 Å². The molecule has 6 nitrogen and oxygen atoms in total. The van der Waals surface area contributed by atoms with E-state index in [4.69, 9.17) is 4.52 Å². The van der Waals surface area contributed by atoms with Gasteiger partial charge in [-0.25, -0.2) is 0 Å². The van der Waals surface area contributed by atoms with Gasteiger partial charge in [-0.15, -0.1) is 0 Å². The van der Waals surface area contributed by atoms with E-state index in [1.54, 1.807) is 6.20 Å². The molecule has 2 heterocycles. The van der Waals surface area contributed by atoms with Crippen molar-refractivity contribution in [3.05, 3.63) is 90.1 Å². The van der Waals surface area contributed by atoms with Gasteiger partial charge in [0.15, 0.2) is 0 Å². The molecule has 0 aliphatic heterocycles. The summed E-state index contributed by atoms with van der Waals surface area (Å²) in [4.78, 5) is 4.54. The minimum Gasteiger partial charge on any atom is -0.338 e. The van der Waals surface area contributed by atoms with Gasteiger partial charge in [0.05, 0.1) is 19.1 Å². The van der Waals surface area contributed by atoms with E-state index in [-0.39, 0.29) is 6.04 Å². The monoisotopic (exact) mass is 359 g/mol. The van der Waals surface area contributed by atoms with Crippen molar-refractivity contribution in [3.8, 4) is 11.4 Å². The summed E-state index contributed by atoms with van der Waals surface area (Å²) < 4.78 is 7.36. The lowest BCUT2D eigenvalue weighted by molar-refractivity contribution is 0.347. The van der Waals surface area contributed by atoms with Gasteiger partial charge in [0, 0.05) is 18.0 Å². The summed E-state index contributed by atoms with van der Waals surface area (Å²) in [6, 6.07) is 20.3. The number of rotatable bonds is 7. The van der Waals surface area contributed by atoms with Crippen LogP contribution in [0.25, 0.3) is 11.4 Å². The van der Waals surface area contributed by atoms with Crippen LogP contribution in [0.5, 0.6) is 0 Å². The van der Waals surface area contributed by atoms with E-state index in [2.05, 4.69) is 32.7 Å². The molecule has 4 aromatic rings. The maximum absolute atomic E-state index is 5.45. The number of hydrogen-bond acceptors (Lipinski definition) is 5. The van der Waals surface area contributed by atoms with Crippen LogP contribution in [0.4, 0.5) is 0 Å². The van der Waals surface area contributed by atoms with Crippen molar-refractivity contribution in [1.82, 2.24) is 25.2 Å². The number of hydrogen-bond donors (Lipinski definition) is 1. The van der Waals surface area contributed by atoms with Crippen LogP contribution >= 0.6 is 0 Å². The Hall–Kier alpha value is -3.25. The second-order valence-electron chi connectivity index (χ2n) is 6.40. The van der Waals surface area contributed by atoms with E-state index in [0.29, 0.717) is 18.3 Å². The second-order valence-corrected chi connectivity index (χ2v) is 6.40. The number of nitrogens with zero attached hydrogens (tertiary/aromatic N) is 4. The summed E-state index contributed by atoms with van der Waals surface area (Å²) in [5.74, 6) is 1.18. The fraction of sp³-hybridized carbons (Fsp3) is 0.190. The van der Waals surface area contributed by atoms with E-state index >= 15 is 0 Å². The topological polar surface area (TPSA) is 68.8 Å². The van der Waals surface area contributed by atoms with Crippen LogP contribution < -0.4 is 5.32 Å². The van der Waals surface area contributed by atoms with Gasteiger partial charge in [-0.1, -0.05) is 59.8 Å². The summed E-state index contributed by atoms with van der Waals surface area (Å²) >= 11 is 0. The van der Waals surface area contributed by atoms with Crippen LogP contribution in [0.15, 0.2) is 77.6 Å². The Bertz CT molecular complexity index is 979. The van der Waals surface area contributed by atoms with Crippen LogP contribution in [0.1, 0.15) is 23.1 Å². The molecule has 0 unspecified atom stereocenters. The van der Waals surface area contributed by atoms with Crippen molar-refractivity contribution in [2.75, 3.05) is 0 Å². The molecular weight excluding hydrogens is 338 g/mol. The fourth-order valence-corrected chi connectivity index (χ4v) is 3.04. The summed E-state index contributed by atoms with van der Waals surface area (Å²) in [6.45, 7) is 3.24. The molecule has 27 heavy (non-hydrogen) atoms. The summed E-state index contributed by atoms with van der Waals surface area (Å²) in [5, 5.41) is 12.0. The lowest BCUT2D eigenvalue weighted by Gasteiger charge is -2.18. The van der Waals surface area contributed by atoms with E-state index in [9.17, 15) is 0 Å². The lowest BCUT2D eigenvalue weighted by atomic mass is 10.1. The molecule has 0 aliphatic carbocycles. The van der Waals surface area contributed by atoms with Crippen LogP contribution in [-0.2, 0) is 13.1 Å². The highest BCUT2D eigenvalue weighted by molar-refractivity contribution is 5.58. The van der Waals surface area contributed by atoms with Crippen LogP contribution in [0.2, 0.25) is 0 Å². The fourth-order valence-electron chi connectivity index (χ4n) is 3.04. The largest absolute Gasteiger partial charge is 0.338 e. The zero-order valence-corrected chi connectivity index (χ0v) is 15.1. The third-order valence-corrected chi connectivity index (χ3v) is 4.48. The third kappa shape index (κ3) is 4.12. The number of aromatic nitrogens is 4. The highest BCUT2D eigenvalue weighted by Crippen LogP contribution is 2.20. The first-order valence-electron chi connectivity index (χ1n) is 8.94. The van der Waals surface area contributed by atoms with Crippen molar-refractivity contribution < 1.29 is 4.52 Å². The highest BCUT2D eigenvalue weighted by Gasteiger charge is 2.15. The molecule has 6 heteroatoms. The molecule has 2 aromatic heterocycles. The first kappa shape index (κ1) is 17.2. The quantitative estimate of drug-likeness (QED) is 0.544. The van der Waals surface area contributed by atoms with Crippen LogP contribution in [0, 0.1) is 6.92 Å². The van der Waals surface area contributed by atoms with Gasteiger partial charge in [0.25, 0.3) is 0 Å². The van der Waals surface area contributed by atoms with Crippen molar-refractivity contribution in [1.29, 1.82) is 0 Å². The summed E-state index contributed by atoms with van der Waals surface area (Å²) in [6.07, 6.45) is 3.75. The highest BCUT2D eigenvalue weighted by atomic mass is 16.5. The Balaban J connectivity index is 1.49. The number of benzene rings is 2. The summed E-state index contributed by atoms with van der Waals surface area (Å²) in [7, 11) is 0. The smallest absolute Gasteiger partial charge is 0.240 e. The van der Waals surface area contributed by atoms with Crippen LogP contribution in [0.3, 0.4) is 0 Å². The van der Waals surface area contributed by atoms with E-state index < -0.39 is 0 Å². The average molecular weight is 359 g/mol. The third-order valence-electron chi connectivity index (χ3n) is 4.48. The Morgan fingerprint density at radius 3 is 2.63 bits per heavy atom. The van der Waals surface area contributed by atoms with Gasteiger partial charge in [-0.05, 0) is 24.1 Å². The zero-order valence-electron chi connectivity index (χ0n) is 15.1. The molecule has 0 saturated heterocycles. The van der Waals surface area contributed by atoms with E-state index in [0.717, 1.165) is 17.7 Å². The van der Waals surface area contributed by atoms with Gasteiger partial charge < -0.3 is 4.52 Å².